The molecule has 0 saturated carbocycles. The maximum absolute atomic E-state index is 12.4. The van der Waals surface area contributed by atoms with E-state index in [1.54, 1.807) is 21.1 Å². The largest absolute Gasteiger partial charge is 0.341 e. The molecular weight excluding hydrogens is 344 g/mol. The molecule has 5 amide bonds. The number of nitrogens with one attached hydrogen (secondary N) is 1. The van der Waals surface area contributed by atoms with Crippen LogP contribution in [0.4, 0.5) is 4.79 Å². The third kappa shape index (κ3) is 4.36. The summed E-state index contributed by atoms with van der Waals surface area (Å²) in [5.41, 5.74) is 1.01. The Balaban J connectivity index is 1.50. The lowest BCUT2D eigenvalue weighted by Crippen LogP contribution is -2.43. The highest BCUT2D eigenvalue weighted by molar-refractivity contribution is 7.08. The molecule has 2 aliphatic heterocycles. The molecule has 25 heavy (non-hydrogen) atoms. The van der Waals surface area contributed by atoms with Gasteiger partial charge in [0.05, 0.1) is 6.42 Å². The summed E-state index contributed by atoms with van der Waals surface area (Å²) in [5.74, 6) is -0.520. The normalized spacial score (nSPS) is 18.3. The average Bonchev–Trinajstić information content (AvgIpc) is 3.09. The Hall–Kier alpha value is -2.42. The third-order valence-electron chi connectivity index (χ3n) is 4.33. The Morgan fingerprint density at radius 1 is 1.08 bits per heavy atom. The Bertz CT molecular complexity index is 676. The van der Waals surface area contributed by atoms with E-state index in [9.17, 15) is 19.2 Å². The van der Waals surface area contributed by atoms with Gasteiger partial charge in [-0.05, 0) is 28.8 Å². The van der Waals surface area contributed by atoms with Crippen LogP contribution in [0.25, 0.3) is 0 Å². The summed E-state index contributed by atoms with van der Waals surface area (Å²) >= 11 is 1.57. The van der Waals surface area contributed by atoms with Crippen molar-refractivity contribution in [1.29, 1.82) is 0 Å². The molecule has 3 rings (SSSR count). The molecule has 1 aromatic rings. The van der Waals surface area contributed by atoms with Crippen molar-refractivity contribution in [2.45, 2.75) is 12.8 Å². The fourth-order valence-electron chi connectivity index (χ4n) is 2.97. The van der Waals surface area contributed by atoms with Crippen LogP contribution < -0.4 is 5.32 Å². The van der Waals surface area contributed by atoms with Gasteiger partial charge in [-0.2, -0.15) is 11.3 Å². The number of carbonyl (C=O) groups excluding carboxylic acids is 4. The lowest BCUT2D eigenvalue weighted by atomic mass is 10.2. The van der Waals surface area contributed by atoms with Gasteiger partial charge in [-0.15, -0.1) is 0 Å². The standard InChI is InChI=1S/C16H20N4O4S/c21-13-9-20(16(24)17-13)10-15(23)19-4-1-3-18(5-6-19)14(22)8-12-2-7-25-11-12/h2,7,11H,1,3-6,8-10H2,(H,17,21,24). The van der Waals surface area contributed by atoms with E-state index >= 15 is 0 Å². The number of carbonyl (C=O) groups is 4. The minimum absolute atomic E-state index is 0.0669. The predicted molar refractivity (Wildman–Crippen MR) is 90.9 cm³/mol. The van der Waals surface area contributed by atoms with E-state index in [-0.39, 0.29) is 30.8 Å². The summed E-state index contributed by atoms with van der Waals surface area (Å²) in [6, 6.07) is 1.42. The second kappa shape index (κ2) is 7.64. The Kier molecular flexibility index (Phi) is 5.32. The van der Waals surface area contributed by atoms with E-state index in [0.29, 0.717) is 39.0 Å². The van der Waals surface area contributed by atoms with Gasteiger partial charge < -0.3 is 14.7 Å². The zero-order valence-electron chi connectivity index (χ0n) is 13.8. The number of thiophene rings is 1. The second-order valence-corrected chi connectivity index (χ2v) is 6.91. The summed E-state index contributed by atoms with van der Waals surface area (Å²) in [4.78, 5) is 52.1. The number of amides is 5. The second-order valence-electron chi connectivity index (χ2n) is 6.13. The molecule has 0 aromatic carbocycles. The molecule has 1 N–H and O–H groups in total. The van der Waals surface area contributed by atoms with E-state index in [0.717, 1.165) is 5.56 Å². The van der Waals surface area contributed by atoms with Crippen LogP contribution >= 0.6 is 11.3 Å². The molecule has 0 atom stereocenters. The Morgan fingerprint density at radius 3 is 2.40 bits per heavy atom. The number of rotatable bonds is 4. The third-order valence-corrected chi connectivity index (χ3v) is 5.06. The van der Waals surface area contributed by atoms with Gasteiger partial charge in [0, 0.05) is 26.2 Å². The molecule has 2 aliphatic rings. The van der Waals surface area contributed by atoms with Crippen LogP contribution in [0.2, 0.25) is 0 Å². The highest BCUT2D eigenvalue weighted by Gasteiger charge is 2.30. The molecule has 0 unspecified atom stereocenters. The zero-order valence-corrected chi connectivity index (χ0v) is 14.6. The van der Waals surface area contributed by atoms with Gasteiger partial charge in [0.15, 0.2) is 0 Å². The van der Waals surface area contributed by atoms with Crippen molar-refractivity contribution in [3.05, 3.63) is 22.4 Å². The molecule has 134 valence electrons. The molecule has 0 spiro atoms. The van der Waals surface area contributed by atoms with Crippen LogP contribution in [0, 0.1) is 0 Å². The fraction of sp³-hybridized carbons (Fsp3) is 0.500. The summed E-state index contributed by atoms with van der Waals surface area (Å²) in [6.45, 7) is 1.90. The van der Waals surface area contributed by atoms with Gasteiger partial charge in [0.25, 0.3) is 0 Å². The lowest BCUT2D eigenvalue weighted by Gasteiger charge is -2.24. The van der Waals surface area contributed by atoms with Gasteiger partial charge in [0.2, 0.25) is 17.7 Å². The number of imide groups is 1. The van der Waals surface area contributed by atoms with Crippen molar-refractivity contribution < 1.29 is 19.2 Å². The van der Waals surface area contributed by atoms with Crippen molar-refractivity contribution in [2.75, 3.05) is 39.3 Å². The monoisotopic (exact) mass is 364 g/mol. The van der Waals surface area contributed by atoms with Gasteiger partial charge >= 0.3 is 6.03 Å². The minimum atomic E-state index is -0.527. The van der Waals surface area contributed by atoms with Crippen molar-refractivity contribution in [3.8, 4) is 0 Å². The van der Waals surface area contributed by atoms with Gasteiger partial charge in [0.1, 0.15) is 13.1 Å². The molecule has 3 heterocycles. The van der Waals surface area contributed by atoms with Gasteiger partial charge in [-0.3, -0.25) is 19.7 Å². The molecule has 0 aliphatic carbocycles. The molecule has 8 nitrogen and oxygen atoms in total. The van der Waals surface area contributed by atoms with E-state index in [4.69, 9.17) is 0 Å². The number of hydrogen-bond donors (Lipinski definition) is 1. The first-order valence-electron chi connectivity index (χ1n) is 8.18. The Morgan fingerprint density at radius 2 is 1.80 bits per heavy atom. The predicted octanol–water partition coefficient (Wildman–Crippen LogP) is -0.0967. The molecule has 1 aromatic heterocycles. The van der Waals surface area contributed by atoms with Gasteiger partial charge in [-0.25, -0.2) is 4.79 Å². The van der Waals surface area contributed by atoms with Crippen LogP contribution in [0.5, 0.6) is 0 Å². The maximum Gasteiger partial charge on any atom is 0.325 e. The SMILES string of the molecule is O=C1CN(CC(=O)N2CCCN(C(=O)Cc3ccsc3)CC2)C(=O)N1. The van der Waals surface area contributed by atoms with Crippen molar-refractivity contribution in [2.24, 2.45) is 0 Å². The quantitative estimate of drug-likeness (QED) is 0.756. The van der Waals surface area contributed by atoms with Crippen molar-refractivity contribution in [1.82, 2.24) is 20.0 Å². The number of urea groups is 1. The smallest absolute Gasteiger partial charge is 0.325 e. The summed E-state index contributed by atoms with van der Waals surface area (Å²) < 4.78 is 0. The van der Waals surface area contributed by atoms with E-state index in [1.165, 1.54) is 4.90 Å². The highest BCUT2D eigenvalue weighted by atomic mass is 32.1. The van der Waals surface area contributed by atoms with Crippen LogP contribution in [0.1, 0.15) is 12.0 Å². The first-order valence-corrected chi connectivity index (χ1v) is 9.12. The maximum atomic E-state index is 12.4. The van der Waals surface area contributed by atoms with E-state index in [1.807, 2.05) is 16.8 Å². The summed E-state index contributed by atoms with van der Waals surface area (Å²) in [5, 5.41) is 6.07. The molecule has 9 heteroatoms. The van der Waals surface area contributed by atoms with Crippen LogP contribution in [0.3, 0.4) is 0 Å². The molecule has 0 radical (unpaired) electrons. The Labute approximate surface area is 149 Å². The summed E-state index contributed by atoms with van der Waals surface area (Å²) in [6.07, 6.45) is 1.08. The first kappa shape index (κ1) is 17.4. The van der Waals surface area contributed by atoms with E-state index in [2.05, 4.69) is 5.32 Å². The van der Waals surface area contributed by atoms with Crippen molar-refractivity contribution in [3.63, 3.8) is 0 Å². The molecule has 0 bridgehead atoms. The molecule has 2 saturated heterocycles. The number of hydrogen-bond acceptors (Lipinski definition) is 5. The highest BCUT2D eigenvalue weighted by Crippen LogP contribution is 2.11. The van der Waals surface area contributed by atoms with Crippen LogP contribution in [0.15, 0.2) is 16.8 Å². The minimum Gasteiger partial charge on any atom is -0.341 e. The zero-order chi connectivity index (χ0) is 17.8. The first-order chi connectivity index (χ1) is 12.0. The summed E-state index contributed by atoms with van der Waals surface area (Å²) in [7, 11) is 0. The van der Waals surface area contributed by atoms with Gasteiger partial charge in [-0.1, -0.05) is 0 Å². The fourth-order valence-corrected chi connectivity index (χ4v) is 3.64. The lowest BCUT2D eigenvalue weighted by molar-refractivity contribution is -0.133. The van der Waals surface area contributed by atoms with Crippen LogP contribution in [-0.2, 0) is 20.8 Å². The average molecular weight is 364 g/mol. The number of nitrogens with zero attached hydrogens (tertiary/aromatic N) is 3. The topological polar surface area (TPSA) is 90.0 Å². The molecule has 2 fully saturated rings. The van der Waals surface area contributed by atoms with Crippen LogP contribution in [-0.4, -0.2) is 77.7 Å². The van der Waals surface area contributed by atoms with Crippen molar-refractivity contribution >= 4 is 35.1 Å². The van der Waals surface area contributed by atoms with E-state index < -0.39 is 6.03 Å². The molecular formula is C16H20N4O4S.